The number of hydrogen-bond acceptors (Lipinski definition) is 3. The maximum Gasteiger partial charge on any atom is 0.289 e. The van der Waals surface area contributed by atoms with Crippen LogP contribution in [0.4, 0.5) is 11.4 Å². The van der Waals surface area contributed by atoms with E-state index >= 15 is 0 Å². The normalized spacial score (nSPS) is 20.0. The third-order valence-corrected chi connectivity index (χ3v) is 5.96. The van der Waals surface area contributed by atoms with Crippen LogP contribution in [-0.2, 0) is 14.4 Å². The lowest BCUT2D eigenvalue weighted by atomic mass is 9.91. The van der Waals surface area contributed by atoms with Crippen LogP contribution in [0.2, 0.25) is 0 Å². The second-order valence-electron chi connectivity index (χ2n) is 8.03. The van der Waals surface area contributed by atoms with Crippen LogP contribution >= 0.6 is 0 Å². The van der Waals surface area contributed by atoms with Gasteiger partial charge >= 0.3 is 0 Å². The van der Waals surface area contributed by atoms with Gasteiger partial charge in [0.05, 0.1) is 5.69 Å². The van der Waals surface area contributed by atoms with Gasteiger partial charge in [-0.05, 0) is 42.7 Å². The number of carbonyl (C=O) groups is 3. The summed E-state index contributed by atoms with van der Waals surface area (Å²) in [6.07, 6.45) is 5.59. The number of amides is 3. The number of allylic oxidation sites excluding steroid dienone is 1. The molecule has 1 atom stereocenters. The van der Waals surface area contributed by atoms with Gasteiger partial charge in [-0.2, -0.15) is 0 Å². The van der Waals surface area contributed by atoms with E-state index in [4.69, 9.17) is 0 Å². The molecule has 2 aliphatic heterocycles. The van der Waals surface area contributed by atoms with Gasteiger partial charge in [-0.1, -0.05) is 36.4 Å². The third kappa shape index (κ3) is 4.32. The van der Waals surface area contributed by atoms with Crippen LogP contribution in [0.25, 0.3) is 0 Å². The van der Waals surface area contributed by atoms with Crippen molar-refractivity contribution in [1.82, 2.24) is 5.01 Å². The first kappa shape index (κ1) is 21.5. The van der Waals surface area contributed by atoms with Gasteiger partial charge in [-0.25, -0.2) is 14.6 Å². The number of hydrazine groups is 1. The SMILES string of the molecule is C/C=C1\C(=O)N(C)N(c2ccc(NC(=O)C[N+]3=CCC(c4ccccc4)CC3)cc2)C1=O. The first-order valence-corrected chi connectivity index (χ1v) is 10.8. The fourth-order valence-electron chi connectivity index (χ4n) is 4.19. The number of nitrogens with zero attached hydrogens (tertiary/aromatic N) is 3. The van der Waals surface area contributed by atoms with Crippen LogP contribution < -0.4 is 10.3 Å². The Morgan fingerprint density at radius 3 is 2.41 bits per heavy atom. The highest BCUT2D eigenvalue weighted by Gasteiger charge is 2.39. The maximum atomic E-state index is 12.5. The van der Waals surface area contributed by atoms with E-state index in [1.165, 1.54) is 21.7 Å². The van der Waals surface area contributed by atoms with Crippen molar-refractivity contribution >= 4 is 35.3 Å². The van der Waals surface area contributed by atoms with E-state index in [0.29, 0.717) is 23.8 Å². The molecule has 0 radical (unpaired) electrons. The van der Waals surface area contributed by atoms with E-state index in [0.717, 1.165) is 19.4 Å². The minimum atomic E-state index is -0.355. The average molecular weight is 432 g/mol. The number of likely N-dealkylation sites (N-methyl/N-ethyl adjacent to an activating group) is 1. The molecule has 2 aromatic rings. The van der Waals surface area contributed by atoms with Crippen molar-refractivity contribution in [2.24, 2.45) is 0 Å². The summed E-state index contributed by atoms with van der Waals surface area (Å²) in [5, 5.41) is 5.53. The maximum absolute atomic E-state index is 12.5. The number of rotatable bonds is 5. The van der Waals surface area contributed by atoms with E-state index in [1.54, 1.807) is 38.2 Å². The molecular weight excluding hydrogens is 404 g/mol. The molecule has 2 aliphatic rings. The van der Waals surface area contributed by atoms with Crippen LogP contribution in [0.15, 0.2) is 66.2 Å². The van der Waals surface area contributed by atoms with Crippen molar-refractivity contribution in [3.63, 3.8) is 0 Å². The molecule has 3 amide bonds. The zero-order valence-corrected chi connectivity index (χ0v) is 18.3. The number of hydrogen-bond donors (Lipinski definition) is 1. The van der Waals surface area contributed by atoms with Crippen molar-refractivity contribution in [3.8, 4) is 0 Å². The molecule has 1 N–H and O–H groups in total. The van der Waals surface area contributed by atoms with Gasteiger partial charge in [0.1, 0.15) is 18.3 Å². The van der Waals surface area contributed by atoms with Gasteiger partial charge in [0.15, 0.2) is 0 Å². The largest absolute Gasteiger partial charge is 0.321 e. The van der Waals surface area contributed by atoms with Crippen LogP contribution in [0.3, 0.4) is 0 Å². The minimum absolute atomic E-state index is 0.0899. The van der Waals surface area contributed by atoms with E-state index in [-0.39, 0.29) is 23.3 Å². The van der Waals surface area contributed by atoms with Crippen molar-refractivity contribution in [2.45, 2.75) is 25.7 Å². The highest BCUT2D eigenvalue weighted by molar-refractivity contribution is 6.29. The Balaban J connectivity index is 1.34. The van der Waals surface area contributed by atoms with Crippen LogP contribution in [0, 0.1) is 0 Å². The lowest BCUT2D eigenvalue weighted by Crippen LogP contribution is -2.37. The number of carbonyl (C=O) groups excluding carboxylic acids is 3. The molecule has 0 saturated carbocycles. The Kier molecular flexibility index (Phi) is 6.16. The Bertz CT molecular complexity index is 1090. The average Bonchev–Trinajstić information content (AvgIpc) is 3.03. The third-order valence-electron chi connectivity index (χ3n) is 5.96. The molecule has 2 heterocycles. The number of nitrogens with one attached hydrogen (secondary N) is 1. The summed E-state index contributed by atoms with van der Waals surface area (Å²) < 4.78 is 2.06. The van der Waals surface area contributed by atoms with Crippen LogP contribution in [0.5, 0.6) is 0 Å². The zero-order chi connectivity index (χ0) is 22.7. The molecule has 164 valence electrons. The smallest absolute Gasteiger partial charge is 0.289 e. The van der Waals surface area contributed by atoms with Gasteiger partial charge in [-0.3, -0.25) is 14.4 Å². The topological polar surface area (TPSA) is 72.7 Å². The number of benzene rings is 2. The molecular formula is C25H27N4O3+. The van der Waals surface area contributed by atoms with Crippen molar-refractivity contribution in [2.75, 3.05) is 30.5 Å². The van der Waals surface area contributed by atoms with Gasteiger partial charge in [0.25, 0.3) is 17.7 Å². The molecule has 7 heteroatoms. The lowest BCUT2D eigenvalue weighted by molar-refractivity contribution is -0.517. The molecule has 0 bridgehead atoms. The quantitative estimate of drug-likeness (QED) is 0.449. The Morgan fingerprint density at radius 2 is 1.81 bits per heavy atom. The summed E-state index contributed by atoms with van der Waals surface area (Å²) >= 11 is 0. The highest BCUT2D eigenvalue weighted by atomic mass is 16.2. The Hall–Kier alpha value is -3.74. The minimum Gasteiger partial charge on any atom is -0.321 e. The van der Waals surface area contributed by atoms with Crippen LogP contribution in [0.1, 0.15) is 31.2 Å². The van der Waals surface area contributed by atoms with Gasteiger partial charge in [0, 0.05) is 25.6 Å². The molecule has 32 heavy (non-hydrogen) atoms. The second kappa shape index (κ2) is 9.18. The molecule has 0 aromatic heterocycles. The predicted octanol–water partition coefficient (Wildman–Crippen LogP) is 2.95. The molecule has 0 aliphatic carbocycles. The fourth-order valence-corrected chi connectivity index (χ4v) is 4.19. The Morgan fingerprint density at radius 1 is 1.09 bits per heavy atom. The summed E-state index contributed by atoms with van der Waals surface area (Å²) in [6, 6.07) is 17.4. The van der Waals surface area contributed by atoms with E-state index in [2.05, 4.69) is 40.4 Å². The Labute approximate surface area is 187 Å². The first-order chi connectivity index (χ1) is 15.5. The summed E-state index contributed by atoms with van der Waals surface area (Å²) in [4.78, 5) is 37.1. The molecule has 1 unspecified atom stereocenters. The first-order valence-electron chi connectivity index (χ1n) is 10.8. The molecule has 0 spiro atoms. The second-order valence-corrected chi connectivity index (χ2v) is 8.03. The van der Waals surface area contributed by atoms with Gasteiger partial charge in [-0.15, -0.1) is 0 Å². The fraction of sp³-hybridized carbons (Fsp3) is 0.280. The zero-order valence-electron chi connectivity index (χ0n) is 18.3. The van der Waals surface area contributed by atoms with Crippen molar-refractivity contribution in [1.29, 1.82) is 0 Å². The monoisotopic (exact) mass is 431 g/mol. The van der Waals surface area contributed by atoms with E-state index in [9.17, 15) is 14.4 Å². The van der Waals surface area contributed by atoms with Crippen molar-refractivity contribution in [3.05, 3.63) is 71.8 Å². The molecule has 2 aromatic carbocycles. The molecule has 1 saturated heterocycles. The van der Waals surface area contributed by atoms with Crippen LogP contribution in [-0.4, -0.2) is 53.7 Å². The number of anilines is 2. The van der Waals surface area contributed by atoms with Gasteiger partial charge < -0.3 is 5.32 Å². The molecule has 4 rings (SSSR count). The van der Waals surface area contributed by atoms with Crippen molar-refractivity contribution < 1.29 is 19.0 Å². The summed E-state index contributed by atoms with van der Waals surface area (Å²) in [5.74, 6) is -0.272. The lowest BCUT2D eigenvalue weighted by Gasteiger charge is -2.23. The summed E-state index contributed by atoms with van der Waals surface area (Å²) in [6.45, 7) is 2.81. The van der Waals surface area contributed by atoms with E-state index in [1.807, 2.05) is 6.07 Å². The predicted molar refractivity (Wildman–Crippen MR) is 124 cm³/mol. The summed E-state index contributed by atoms with van der Waals surface area (Å²) in [7, 11) is 1.56. The van der Waals surface area contributed by atoms with Gasteiger partial charge in [0.2, 0.25) is 6.54 Å². The highest BCUT2D eigenvalue weighted by Crippen LogP contribution is 2.27. The van der Waals surface area contributed by atoms with E-state index < -0.39 is 0 Å². The molecule has 7 nitrogen and oxygen atoms in total. The summed E-state index contributed by atoms with van der Waals surface area (Å²) in [5.41, 5.74) is 2.71. The standard InChI is InChI=1S/C25H26N4O3/c1-3-22-24(31)27(2)29(25(22)32)21-11-9-20(10-12-21)26-23(30)17-28-15-13-19(14-16-28)18-7-5-4-6-8-18/h3-12,15,19H,13-14,16-17H2,1-2H3/p+1/b22-3+. The molecule has 1 fully saturated rings.